The van der Waals surface area contributed by atoms with Gasteiger partial charge in [0.05, 0.1) is 17.9 Å². The minimum Gasteiger partial charge on any atom is -0.381 e. The van der Waals surface area contributed by atoms with E-state index in [0.29, 0.717) is 6.04 Å². The molecular weight excluding hydrogens is 318 g/mol. The molecule has 0 radical (unpaired) electrons. The summed E-state index contributed by atoms with van der Waals surface area (Å²) in [5.41, 5.74) is 2.19. The van der Waals surface area contributed by atoms with Crippen molar-refractivity contribution in [3.05, 3.63) is 17.7 Å². The Morgan fingerprint density at radius 1 is 1.32 bits per heavy atom. The van der Waals surface area contributed by atoms with Crippen LogP contribution in [0.25, 0.3) is 0 Å². The lowest BCUT2D eigenvalue weighted by molar-refractivity contribution is -0.134. The van der Waals surface area contributed by atoms with Crippen LogP contribution in [-0.4, -0.2) is 90.1 Å². The summed E-state index contributed by atoms with van der Waals surface area (Å²) in [5.74, 6) is 0.238. The van der Waals surface area contributed by atoms with Crippen LogP contribution in [0.15, 0.2) is 6.33 Å². The van der Waals surface area contributed by atoms with Crippen molar-refractivity contribution in [1.29, 1.82) is 0 Å². The van der Waals surface area contributed by atoms with E-state index in [-0.39, 0.29) is 11.8 Å². The highest BCUT2D eigenvalue weighted by atomic mass is 16.5. The van der Waals surface area contributed by atoms with Gasteiger partial charge in [0.2, 0.25) is 5.91 Å². The number of amides is 1. The Morgan fingerprint density at radius 3 is 2.72 bits per heavy atom. The predicted molar refractivity (Wildman–Crippen MR) is 96.2 cm³/mol. The van der Waals surface area contributed by atoms with Crippen molar-refractivity contribution in [2.75, 3.05) is 53.5 Å². The molecule has 2 aliphatic rings. The number of aromatic amines is 1. The van der Waals surface area contributed by atoms with Crippen LogP contribution in [-0.2, 0) is 16.1 Å². The van der Waals surface area contributed by atoms with Crippen molar-refractivity contribution in [3.63, 3.8) is 0 Å². The summed E-state index contributed by atoms with van der Waals surface area (Å²) < 4.78 is 5.51. The zero-order valence-electron chi connectivity index (χ0n) is 15.7. The van der Waals surface area contributed by atoms with Crippen LogP contribution in [0.4, 0.5) is 0 Å². The Labute approximate surface area is 150 Å². The maximum atomic E-state index is 12.7. The maximum absolute atomic E-state index is 12.7. The summed E-state index contributed by atoms with van der Waals surface area (Å²) in [6.07, 6.45) is 3.89. The zero-order chi connectivity index (χ0) is 17.8. The Morgan fingerprint density at radius 2 is 2.08 bits per heavy atom. The molecule has 1 atom stereocenters. The van der Waals surface area contributed by atoms with Gasteiger partial charge in [-0.15, -0.1) is 0 Å². The van der Waals surface area contributed by atoms with Crippen molar-refractivity contribution in [3.8, 4) is 0 Å². The van der Waals surface area contributed by atoms with Crippen LogP contribution in [0, 0.1) is 12.8 Å². The van der Waals surface area contributed by atoms with E-state index in [1.54, 1.807) is 11.2 Å². The summed E-state index contributed by atoms with van der Waals surface area (Å²) >= 11 is 0. The van der Waals surface area contributed by atoms with Gasteiger partial charge < -0.3 is 14.6 Å². The molecule has 1 N–H and O–H groups in total. The number of rotatable bonds is 4. The fourth-order valence-corrected chi connectivity index (χ4v) is 3.91. The highest BCUT2D eigenvalue weighted by molar-refractivity contribution is 5.78. The molecule has 2 saturated heterocycles. The van der Waals surface area contributed by atoms with E-state index < -0.39 is 0 Å². The Bertz CT molecular complexity index is 568. The fraction of sp³-hybridized carbons (Fsp3) is 0.778. The van der Waals surface area contributed by atoms with Crippen LogP contribution >= 0.6 is 0 Å². The van der Waals surface area contributed by atoms with E-state index in [2.05, 4.69) is 26.7 Å². The van der Waals surface area contributed by atoms with E-state index >= 15 is 0 Å². The van der Waals surface area contributed by atoms with Crippen molar-refractivity contribution in [2.45, 2.75) is 32.4 Å². The lowest BCUT2D eigenvalue weighted by Crippen LogP contribution is -2.45. The number of imidazole rings is 1. The van der Waals surface area contributed by atoms with E-state index in [9.17, 15) is 4.79 Å². The largest absolute Gasteiger partial charge is 0.381 e. The summed E-state index contributed by atoms with van der Waals surface area (Å²) in [7, 11) is 3.71. The van der Waals surface area contributed by atoms with Gasteiger partial charge in [-0.2, -0.15) is 0 Å². The molecular formula is C18H31N5O2. The molecule has 1 amide bonds. The zero-order valence-corrected chi connectivity index (χ0v) is 15.7. The number of H-pyrrole nitrogens is 1. The van der Waals surface area contributed by atoms with Gasteiger partial charge in [0, 0.05) is 71.8 Å². The number of aryl methyl sites for hydroxylation is 1. The van der Waals surface area contributed by atoms with E-state index in [1.165, 1.54) is 0 Å². The average Bonchev–Trinajstić information content (AvgIpc) is 2.90. The molecule has 25 heavy (non-hydrogen) atoms. The first-order valence-electron chi connectivity index (χ1n) is 9.28. The number of carbonyl (C=O) groups is 1. The first-order chi connectivity index (χ1) is 12.0. The fourth-order valence-electron chi connectivity index (χ4n) is 3.91. The smallest absolute Gasteiger partial charge is 0.227 e. The Hall–Kier alpha value is -1.44. The quantitative estimate of drug-likeness (QED) is 0.868. The molecule has 140 valence electrons. The number of ether oxygens (including phenoxy) is 1. The molecule has 0 spiro atoms. The van der Waals surface area contributed by atoms with E-state index in [1.807, 2.05) is 14.1 Å². The van der Waals surface area contributed by atoms with Gasteiger partial charge in [-0.1, -0.05) is 0 Å². The SMILES string of the molecule is Cc1[nH]cnc1CN1CCN(C2CCOCC2)CC(C(=O)N(C)C)C1. The standard InChI is InChI=1S/C18H31N5O2/c1-14-17(20-13-19-14)12-22-6-7-23(16-4-8-25-9-5-16)11-15(10-22)18(24)21(2)3/h13,15-16H,4-12H2,1-3H3,(H,19,20). The molecule has 2 aliphatic heterocycles. The maximum Gasteiger partial charge on any atom is 0.227 e. The second-order valence-corrected chi connectivity index (χ2v) is 7.48. The molecule has 0 aliphatic carbocycles. The number of nitrogens with zero attached hydrogens (tertiary/aromatic N) is 4. The van der Waals surface area contributed by atoms with Crippen LogP contribution in [0.2, 0.25) is 0 Å². The van der Waals surface area contributed by atoms with Crippen LogP contribution in [0.1, 0.15) is 24.2 Å². The topological polar surface area (TPSA) is 64.7 Å². The van der Waals surface area contributed by atoms with Crippen LogP contribution in [0.3, 0.4) is 0 Å². The monoisotopic (exact) mass is 349 g/mol. The van der Waals surface area contributed by atoms with E-state index in [4.69, 9.17) is 4.74 Å². The highest BCUT2D eigenvalue weighted by Gasteiger charge is 2.32. The summed E-state index contributed by atoms with van der Waals surface area (Å²) in [6.45, 7) is 8.14. The van der Waals surface area contributed by atoms with Crippen molar-refractivity contribution < 1.29 is 9.53 Å². The van der Waals surface area contributed by atoms with Crippen LogP contribution in [0.5, 0.6) is 0 Å². The summed E-state index contributed by atoms with van der Waals surface area (Å²) in [6, 6.07) is 0.540. The first kappa shape index (κ1) is 18.4. The summed E-state index contributed by atoms with van der Waals surface area (Å²) in [4.78, 5) is 26.9. The second-order valence-electron chi connectivity index (χ2n) is 7.48. The summed E-state index contributed by atoms with van der Waals surface area (Å²) in [5, 5.41) is 0. The molecule has 0 saturated carbocycles. The lowest BCUT2D eigenvalue weighted by atomic mass is 10.0. The van der Waals surface area contributed by atoms with Gasteiger partial charge in [-0.05, 0) is 19.8 Å². The molecule has 1 aromatic heterocycles. The van der Waals surface area contributed by atoms with Gasteiger partial charge in [0.1, 0.15) is 0 Å². The van der Waals surface area contributed by atoms with Crippen molar-refractivity contribution in [2.24, 2.45) is 5.92 Å². The third kappa shape index (κ3) is 4.59. The molecule has 7 nitrogen and oxygen atoms in total. The number of nitrogens with one attached hydrogen (secondary N) is 1. The average molecular weight is 349 g/mol. The minimum atomic E-state index is 0.0135. The first-order valence-corrected chi connectivity index (χ1v) is 9.28. The second kappa shape index (κ2) is 8.29. The lowest BCUT2D eigenvalue weighted by Gasteiger charge is -2.34. The molecule has 3 heterocycles. The number of hydrogen-bond acceptors (Lipinski definition) is 5. The predicted octanol–water partition coefficient (Wildman–Crippen LogP) is 0.719. The van der Waals surface area contributed by atoms with Crippen LogP contribution < -0.4 is 0 Å². The molecule has 2 fully saturated rings. The number of carbonyl (C=O) groups excluding carboxylic acids is 1. The molecule has 1 aromatic rings. The minimum absolute atomic E-state index is 0.0135. The molecule has 0 aromatic carbocycles. The Balaban J connectivity index is 1.72. The van der Waals surface area contributed by atoms with E-state index in [0.717, 1.165) is 70.2 Å². The number of aromatic nitrogens is 2. The van der Waals surface area contributed by atoms with Gasteiger partial charge in [-0.25, -0.2) is 4.98 Å². The highest BCUT2D eigenvalue weighted by Crippen LogP contribution is 2.21. The van der Waals surface area contributed by atoms with Gasteiger partial charge in [0.25, 0.3) is 0 Å². The molecule has 7 heteroatoms. The third-order valence-corrected chi connectivity index (χ3v) is 5.44. The number of hydrogen-bond donors (Lipinski definition) is 1. The van der Waals surface area contributed by atoms with Gasteiger partial charge in [0.15, 0.2) is 0 Å². The van der Waals surface area contributed by atoms with Crippen molar-refractivity contribution in [1.82, 2.24) is 24.7 Å². The molecule has 0 bridgehead atoms. The van der Waals surface area contributed by atoms with Gasteiger partial charge >= 0.3 is 0 Å². The normalized spacial score (nSPS) is 24.2. The Kier molecular flexibility index (Phi) is 6.09. The van der Waals surface area contributed by atoms with Crippen molar-refractivity contribution >= 4 is 5.91 Å². The molecule has 1 unspecified atom stereocenters. The molecule has 3 rings (SSSR count). The van der Waals surface area contributed by atoms with Gasteiger partial charge in [-0.3, -0.25) is 14.6 Å². The third-order valence-electron chi connectivity index (χ3n) is 5.44.